The van der Waals surface area contributed by atoms with E-state index >= 15 is 0 Å². The van der Waals surface area contributed by atoms with Crippen molar-refractivity contribution in [1.29, 1.82) is 0 Å². The second kappa shape index (κ2) is 12.1. The molecule has 7 nitrogen and oxygen atoms in total. The Morgan fingerprint density at radius 2 is 1.56 bits per heavy atom. The topological polar surface area (TPSA) is 86.8 Å². The zero-order valence-electron chi connectivity index (χ0n) is 21.3. The molecule has 0 fully saturated rings. The Morgan fingerprint density at radius 1 is 0.917 bits per heavy atom. The van der Waals surface area contributed by atoms with E-state index in [9.17, 15) is 18.0 Å². The first kappa shape index (κ1) is 27.4. The van der Waals surface area contributed by atoms with Crippen LogP contribution >= 0.6 is 0 Å². The molecule has 0 spiro atoms. The molecule has 3 rings (SSSR count). The summed E-state index contributed by atoms with van der Waals surface area (Å²) < 4.78 is 27.7. The van der Waals surface area contributed by atoms with Gasteiger partial charge in [-0.15, -0.1) is 0 Å². The van der Waals surface area contributed by atoms with E-state index in [0.717, 1.165) is 20.6 Å². The SMILES string of the molecule is CC[C@@H](C(=O)NCC(C)C)N(Cc1ccccc1)C(=O)CN(C)S(=O)(=O)c1ccc2ccccc2c1. The smallest absolute Gasteiger partial charge is 0.243 e. The third-order valence-corrected chi connectivity index (χ3v) is 7.85. The van der Waals surface area contributed by atoms with Crippen molar-refractivity contribution in [2.75, 3.05) is 20.1 Å². The van der Waals surface area contributed by atoms with Crippen molar-refractivity contribution >= 4 is 32.6 Å². The Kier molecular flexibility index (Phi) is 9.23. The monoisotopic (exact) mass is 509 g/mol. The lowest BCUT2D eigenvalue weighted by Gasteiger charge is -2.32. The number of hydrogen-bond acceptors (Lipinski definition) is 4. The molecule has 0 bridgehead atoms. The molecule has 0 aliphatic rings. The van der Waals surface area contributed by atoms with Crippen LogP contribution in [-0.2, 0) is 26.2 Å². The van der Waals surface area contributed by atoms with Crippen LogP contribution in [0.2, 0.25) is 0 Å². The summed E-state index contributed by atoms with van der Waals surface area (Å²) in [4.78, 5) is 28.1. The van der Waals surface area contributed by atoms with E-state index in [1.165, 1.54) is 11.9 Å². The maximum atomic E-state index is 13.5. The summed E-state index contributed by atoms with van der Waals surface area (Å²) in [5.41, 5.74) is 0.862. The Morgan fingerprint density at radius 3 is 2.19 bits per heavy atom. The number of carbonyl (C=O) groups excluding carboxylic acids is 2. The number of nitrogens with zero attached hydrogens (tertiary/aromatic N) is 2. The highest BCUT2D eigenvalue weighted by atomic mass is 32.2. The Balaban J connectivity index is 1.85. The van der Waals surface area contributed by atoms with Crippen LogP contribution in [0, 0.1) is 5.92 Å². The minimum absolute atomic E-state index is 0.118. The highest BCUT2D eigenvalue weighted by molar-refractivity contribution is 7.89. The third-order valence-electron chi connectivity index (χ3n) is 6.05. The molecular formula is C28H35N3O4S. The summed E-state index contributed by atoms with van der Waals surface area (Å²) in [5.74, 6) is -0.407. The standard InChI is InChI=1S/C28H35N3O4S/c1-5-26(28(33)29-18-21(2)3)31(19-22-11-7-6-8-12-22)27(32)20-30(4)36(34,35)25-16-15-23-13-9-10-14-24(23)17-25/h6-17,21,26H,5,18-20H2,1-4H3,(H,29,33)/t26-/m0/s1. The molecule has 0 aliphatic heterocycles. The molecule has 0 aliphatic carbocycles. The molecule has 0 heterocycles. The lowest BCUT2D eigenvalue weighted by Crippen LogP contribution is -2.52. The number of likely N-dealkylation sites (N-methyl/N-ethyl adjacent to an activating group) is 1. The number of fused-ring (bicyclic) bond motifs is 1. The van der Waals surface area contributed by atoms with Crippen LogP contribution in [0.3, 0.4) is 0 Å². The number of hydrogen-bond donors (Lipinski definition) is 1. The van der Waals surface area contributed by atoms with Crippen LogP contribution in [0.15, 0.2) is 77.7 Å². The van der Waals surface area contributed by atoms with E-state index in [-0.39, 0.29) is 29.8 Å². The van der Waals surface area contributed by atoms with Gasteiger partial charge in [-0.25, -0.2) is 8.42 Å². The zero-order valence-corrected chi connectivity index (χ0v) is 22.2. The molecule has 0 radical (unpaired) electrons. The number of benzene rings is 3. The van der Waals surface area contributed by atoms with Gasteiger partial charge in [0, 0.05) is 20.1 Å². The Bertz CT molecular complexity index is 1290. The number of carbonyl (C=O) groups is 2. The van der Waals surface area contributed by atoms with Crippen LogP contribution in [0.4, 0.5) is 0 Å². The molecule has 0 unspecified atom stereocenters. The van der Waals surface area contributed by atoms with Gasteiger partial charge in [-0.2, -0.15) is 4.31 Å². The molecule has 3 aromatic rings. The van der Waals surface area contributed by atoms with Gasteiger partial charge in [0.15, 0.2) is 0 Å². The van der Waals surface area contributed by atoms with E-state index in [1.807, 2.05) is 75.4 Å². The largest absolute Gasteiger partial charge is 0.354 e. The second-order valence-electron chi connectivity index (χ2n) is 9.34. The summed E-state index contributed by atoms with van der Waals surface area (Å²) in [7, 11) is -2.53. The van der Waals surface area contributed by atoms with Crippen molar-refractivity contribution in [2.24, 2.45) is 5.92 Å². The van der Waals surface area contributed by atoms with Gasteiger partial charge in [0.1, 0.15) is 6.04 Å². The molecule has 8 heteroatoms. The molecule has 0 aromatic heterocycles. The zero-order chi connectivity index (χ0) is 26.3. The fourth-order valence-electron chi connectivity index (χ4n) is 4.00. The molecular weight excluding hydrogens is 474 g/mol. The minimum Gasteiger partial charge on any atom is -0.354 e. The number of amides is 2. The summed E-state index contributed by atoms with van der Waals surface area (Å²) >= 11 is 0. The molecule has 1 N–H and O–H groups in total. The van der Waals surface area contributed by atoms with E-state index < -0.39 is 22.0 Å². The number of rotatable bonds is 11. The quantitative estimate of drug-likeness (QED) is 0.423. The van der Waals surface area contributed by atoms with E-state index in [2.05, 4.69) is 5.32 Å². The number of sulfonamides is 1. The number of nitrogens with one attached hydrogen (secondary N) is 1. The van der Waals surface area contributed by atoms with E-state index in [4.69, 9.17) is 0 Å². The highest BCUT2D eigenvalue weighted by Gasteiger charge is 2.31. The normalized spacial score (nSPS) is 12.6. The average Bonchev–Trinajstić information content (AvgIpc) is 2.87. The first-order valence-electron chi connectivity index (χ1n) is 12.2. The summed E-state index contributed by atoms with van der Waals surface area (Å²) in [6.07, 6.45) is 0.406. The second-order valence-corrected chi connectivity index (χ2v) is 11.4. The summed E-state index contributed by atoms with van der Waals surface area (Å²) in [6.45, 7) is 6.17. The van der Waals surface area contributed by atoms with Crippen molar-refractivity contribution in [1.82, 2.24) is 14.5 Å². The molecule has 3 aromatic carbocycles. The Labute approximate surface area is 214 Å². The molecule has 36 heavy (non-hydrogen) atoms. The fourth-order valence-corrected chi connectivity index (χ4v) is 5.15. The van der Waals surface area contributed by atoms with Gasteiger partial charge in [-0.3, -0.25) is 9.59 Å². The average molecular weight is 510 g/mol. The predicted molar refractivity (Wildman–Crippen MR) is 143 cm³/mol. The van der Waals surface area contributed by atoms with E-state index in [0.29, 0.717) is 13.0 Å². The van der Waals surface area contributed by atoms with Gasteiger partial charge in [-0.05, 0) is 40.8 Å². The molecule has 0 saturated heterocycles. The van der Waals surface area contributed by atoms with Gasteiger partial charge in [0.25, 0.3) is 0 Å². The van der Waals surface area contributed by atoms with Crippen molar-refractivity contribution in [3.63, 3.8) is 0 Å². The van der Waals surface area contributed by atoms with Gasteiger partial charge in [0.05, 0.1) is 11.4 Å². The lowest BCUT2D eigenvalue weighted by atomic mass is 10.1. The first-order chi connectivity index (χ1) is 17.1. The molecule has 2 amide bonds. The summed E-state index contributed by atoms with van der Waals surface area (Å²) in [6, 6.07) is 21.1. The lowest BCUT2D eigenvalue weighted by molar-refractivity contribution is -0.141. The van der Waals surface area contributed by atoms with Gasteiger partial charge < -0.3 is 10.2 Å². The first-order valence-corrected chi connectivity index (χ1v) is 13.6. The Hall–Kier alpha value is -3.23. The van der Waals surface area contributed by atoms with Gasteiger partial charge in [-0.1, -0.05) is 81.4 Å². The highest BCUT2D eigenvalue weighted by Crippen LogP contribution is 2.22. The maximum absolute atomic E-state index is 13.5. The van der Waals surface area contributed by atoms with Crippen LogP contribution in [0.25, 0.3) is 10.8 Å². The van der Waals surface area contributed by atoms with Crippen LogP contribution in [0.5, 0.6) is 0 Å². The predicted octanol–water partition coefficient (Wildman–Crippen LogP) is 4.04. The van der Waals surface area contributed by atoms with Crippen molar-refractivity contribution in [3.8, 4) is 0 Å². The van der Waals surface area contributed by atoms with E-state index in [1.54, 1.807) is 18.2 Å². The van der Waals surface area contributed by atoms with Crippen molar-refractivity contribution in [3.05, 3.63) is 78.4 Å². The molecule has 192 valence electrons. The third kappa shape index (κ3) is 6.71. The van der Waals surface area contributed by atoms with Gasteiger partial charge in [0.2, 0.25) is 21.8 Å². The van der Waals surface area contributed by atoms with Gasteiger partial charge >= 0.3 is 0 Å². The minimum atomic E-state index is -3.92. The van der Waals surface area contributed by atoms with Crippen LogP contribution < -0.4 is 5.32 Å². The summed E-state index contributed by atoms with van der Waals surface area (Å²) in [5, 5.41) is 4.65. The molecule has 0 saturated carbocycles. The van der Waals surface area contributed by atoms with Crippen molar-refractivity contribution in [2.45, 2.75) is 44.7 Å². The fraction of sp³-hybridized carbons (Fsp3) is 0.357. The van der Waals surface area contributed by atoms with Crippen LogP contribution in [-0.4, -0.2) is 55.6 Å². The van der Waals surface area contributed by atoms with Crippen LogP contribution in [0.1, 0.15) is 32.8 Å². The van der Waals surface area contributed by atoms with Crippen molar-refractivity contribution < 1.29 is 18.0 Å². The maximum Gasteiger partial charge on any atom is 0.243 e. The molecule has 1 atom stereocenters.